The fourth-order valence-corrected chi connectivity index (χ4v) is 1.29. The van der Waals surface area contributed by atoms with Crippen molar-refractivity contribution in [2.24, 2.45) is 0 Å². The molecule has 0 fully saturated rings. The molecule has 0 N–H and O–H groups in total. The number of nitrogens with zero attached hydrogens (tertiary/aromatic N) is 2. The molecule has 0 unspecified atom stereocenters. The Hall–Kier alpha value is -1.26. The van der Waals surface area contributed by atoms with Gasteiger partial charge in [-0.15, -0.1) is 0 Å². The van der Waals surface area contributed by atoms with Gasteiger partial charge in [-0.3, -0.25) is 0 Å². The van der Waals surface area contributed by atoms with Crippen LogP contribution in [0.15, 0.2) is 18.3 Å². The van der Waals surface area contributed by atoms with Gasteiger partial charge in [-0.2, -0.15) is 13.2 Å². The Kier molecular flexibility index (Phi) is 11.2. The van der Waals surface area contributed by atoms with Crippen LogP contribution in [-0.2, 0) is 6.18 Å². The minimum Gasteiger partial charge on any atom is -0.357 e. The van der Waals surface area contributed by atoms with Gasteiger partial charge in [-0.25, -0.2) is 4.98 Å². The molecule has 0 aliphatic carbocycles. The first kappa shape index (κ1) is 20.1. The molecule has 1 aromatic heterocycles. The summed E-state index contributed by atoms with van der Waals surface area (Å²) in [5.41, 5.74) is -0.710. The van der Waals surface area contributed by atoms with Gasteiger partial charge in [0.15, 0.2) is 0 Å². The summed E-state index contributed by atoms with van der Waals surface area (Å²) in [7, 11) is 0. The molecule has 2 nitrogen and oxygen atoms in total. The normalized spacial score (nSPS) is 9.74. The molecule has 0 radical (unpaired) electrons. The lowest BCUT2D eigenvalue weighted by molar-refractivity contribution is -0.137. The van der Waals surface area contributed by atoms with Crippen LogP contribution in [0.4, 0.5) is 19.0 Å². The highest BCUT2D eigenvalue weighted by Crippen LogP contribution is 2.29. The number of halogens is 3. The molecule has 1 aromatic rings. The van der Waals surface area contributed by atoms with Gasteiger partial charge in [-0.1, -0.05) is 27.7 Å². The Morgan fingerprint density at radius 2 is 1.47 bits per heavy atom. The van der Waals surface area contributed by atoms with Crippen molar-refractivity contribution in [3.05, 3.63) is 23.9 Å². The molecule has 0 aliphatic heterocycles. The van der Waals surface area contributed by atoms with Crippen molar-refractivity contribution in [2.75, 3.05) is 18.0 Å². The van der Waals surface area contributed by atoms with Crippen LogP contribution in [-0.4, -0.2) is 18.1 Å². The predicted octanol–water partition coefficient (Wildman–Crippen LogP) is 5.00. The SMILES string of the molecule is CC.CC.CCN(CC)c1ccc(C(F)(F)F)cn1. The Balaban J connectivity index is 0. The zero-order valence-electron chi connectivity index (χ0n) is 12.7. The number of hydrogen-bond donors (Lipinski definition) is 0. The summed E-state index contributed by atoms with van der Waals surface area (Å²) >= 11 is 0. The van der Waals surface area contributed by atoms with Crippen LogP contribution in [0, 0.1) is 0 Å². The third-order valence-corrected chi connectivity index (χ3v) is 2.16. The molecular weight excluding hydrogens is 253 g/mol. The van der Waals surface area contributed by atoms with Crippen LogP contribution in [0.3, 0.4) is 0 Å². The van der Waals surface area contributed by atoms with Crippen molar-refractivity contribution in [2.45, 2.75) is 47.7 Å². The van der Waals surface area contributed by atoms with E-state index in [1.807, 2.05) is 46.4 Å². The fourth-order valence-electron chi connectivity index (χ4n) is 1.29. The maximum absolute atomic E-state index is 12.2. The zero-order valence-corrected chi connectivity index (χ0v) is 12.7. The summed E-state index contributed by atoms with van der Waals surface area (Å²) in [5.74, 6) is 0.577. The molecule has 0 saturated carbocycles. The van der Waals surface area contributed by atoms with E-state index in [2.05, 4.69) is 4.98 Å². The summed E-state index contributed by atoms with van der Waals surface area (Å²) in [4.78, 5) is 5.68. The standard InChI is InChI=1S/C10H13F3N2.2C2H6/c1-3-15(4-2)9-6-5-8(7-14-9)10(11,12)13;2*1-2/h5-7H,3-4H2,1-2H3;2*1-2H3. The summed E-state index contributed by atoms with van der Waals surface area (Å²) in [5, 5.41) is 0. The maximum atomic E-state index is 12.2. The monoisotopic (exact) mass is 278 g/mol. The molecule has 0 aliphatic rings. The van der Waals surface area contributed by atoms with Gasteiger partial charge in [0.1, 0.15) is 5.82 Å². The second-order valence-corrected chi connectivity index (χ2v) is 3.08. The molecule has 0 saturated heterocycles. The van der Waals surface area contributed by atoms with Crippen LogP contribution < -0.4 is 4.90 Å². The van der Waals surface area contributed by atoms with Crippen LogP contribution in [0.2, 0.25) is 0 Å². The fraction of sp³-hybridized carbons (Fsp3) is 0.643. The van der Waals surface area contributed by atoms with E-state index in [0.29, 0.717) is 5.82 Å². The highest BCUT2D eigenvalue weighted by Gasteiger charge is 2.30. The van der Waals surface area contributed by atoms with Gasteiger partial charge in [0.05, 0.1) is 5.56 Å². The van der Waals surface area contributed by atoms with E-state index in [9.17, 15) is 13.2 Å². The van der Waals surface area contributed by atoms with E-state index >= 15 is 0 Å². The average molecular weight is 278 g/mol. The van der Waals surface area contributed by atoms with Gasteiger partial charge in [0, 0.05) is 19.3 Å². The summed E-state index contributed by atoms with van der Waals surface area (Å²) in [6.45, 7) is 13.3. The predicted molar refractivity (Wildman–Crippen MR) is 75.5 cm³/mol. The van der Waals surface area contributed by atoms with Crippen LogP contribution in [0.25, 0.3) is 0 Å². The van der Waals surface area contributed by atoms with E-state index in [0.717, 1.165) is 25.4 Å². The van der Waals surface area contributed by atoms with Crippen LogP contribution >= 0.6 is 0 Å². The first-order valence-electron chi connectivity index (χ1n) is 6.77. The van der Waals surface area contributed by atoms with Gasteiger partial charge in [0.25, 0.3) is 0 Å². The number of rotatable bonds is 3. The lowest BCUT2D eigenvalue weighted by Gasteiger charge is -2.19. The number of alkyl halides is 3. The second-order valence-electron chi connectivity index (χ2n) is 3.08. The lowest BCUT2D eigenvalue weighted by atomic mass is 10.2. The number of anilines is 1. The van der Waals surface area contributed by atoms with Gasteiger partial charge >= 0.3 is 6.18 Å². The summed E-state index contributed by atoms with van der Waals surface area (Å²) in [6.07, 6.45) is -3.44. The Morgan fingerprint density at radius 1 is 1.00 bits per heavy atom. The first-order chi connectivity index (χ1) is 8.99. The maximum Gasteiger partial charge on any atom is 0.417 e. The minimum absolute atomic E-state index is 0.577. The third-order valence-electron chi connectivity index (χ3n) is 2.16. The van der Waals surface area contributed by atoms with Crippen molar-refractivity contribution in [3.8, 4) is 0 Å². The van der Waals surface area contributed by atoms with Gasteiger partial charge < -0.3 is 4.90 Å². The Bertz CT molecular complexity index is 303. The van der Waals surface area contributed by atoms with Crippen molar-refractivity contribution < 1.29 is 13.2 Å². The van der Waals surface area contributed by atoms with Crippen molar-refractivity contribution in [1.29, 1.82) is 0 Å². The lowest BCUT2D eigenvalue weighted by Crippen LogP contribution is -2.23. The quantitative estimate of drug-likeness (QED) is 0.773. The molecule has 0 aromatic carbocycles. The van der Waals surface area contributed by atoms with Gasteiger partial charge in [0.2, 0.25) is 0 Å². The third kappa shape index (κ3) is 7.03. The van der Waals surface area contributed by atoms with Crippen LogP contribution in [0.5, 0.6) is 0 Å². The van der Waals surface area contributed by atoms with Crippen molar-refractivity contribution in [1.82, 2.24) is 4.98 Å². The van der Waals surface area contributed by atoms with E-state index in [1.165, 1.54) is 6.07 Å². The topological polar surface area (TPSA) is 16.1 Å². The largest absolute Gasteiger partial charge is 0.417 e. The molecule has 0 bridgehead atoms. The molecule has 112 valence electrons. The van der Waals surface area contributed by atoms with Gasteiger partial charge in [-0.05, 0) is 26.0 Å². The van der Waals surface area contributed by atoms with E-state index < -0.39 is 11.7 Å². The first-order valence-corrected chi connectivity index (χ1v) is 6.77. The van der Waals surface area contributed by atoms with E-state index in [1.54, 1.807) is 0 Å². The molecular formula is C14H25F3N2. The van der Waals surface area contributed by atoms with Crippen molar-refractivity contribution in [3.63, 3.8) is 0 Å². The highest BCUT2D eigenvalue weighted by molar-refractivity contribution is 5.39. The van der Waals surface area contributed by atoms with E-state index in [4.69, 9.17) is 0 Å². The van der Waals surface area contributed by atoms with Crippen molar-refractivity contribution >= 4 is 5.82 Å². The smallest absolute Gasteiger partial charge is 0.357 e. The molecule has 1 rings (SSSR count). The molecule has 1 heterocycles. The number of hydrogen-bond acceptors (Lipinski definition) is 2. The average Bonchev–Trinajstić information content (AvgIpc) is 2.44. The molecule has 0 atom stereocenters. The Labute approximate surface area is 114 Å². The van der Waals surface area contributed by atoms with E-state index in [-0.39, 0.29) is 0 Å². The number of aromatic nitrogens is 1. The summed E-state index contributed by atoms with van der Waals surface area (Å²) in [6, 6.07) is 2.45. The molecule has 0 amide bonds. The number of pyridine rings is 1. The second kappa shape index (κ2) is 10.6. The zero-order chi connectivity index (χ0) is 15.5. The highest BCUT2D eigenvalue weighted by atomic mass is 19.4. The summed E-state index contributed by atoms with van der Waals surface area (Å²) < 4.78 is 36.7. The Morgan fingerprint density at radius 3 is 1.74 bits per heavy atom. The van der Waals surface area contributed by atoms with Crippen LogP contribution in [0.1, 0.15) is 47.1 Å². The molecule has 5 heteroatoms. The molecule has 0 spiro atoms. The molecule has 19 heavy (non-hydrogen) atoms. The minimum atomic E-state index is -4.31.